The second-order valence-corrected chi connectivity index (χ2v) is 3.45. The van der Waals surface area contributed by atoms with Crippen molar-refractivity contribution in [3.63, 3.8) is 0 Å². The summed E-state index contributed by atoms with van der Waals surface area (Å²) < 4.78 is 0. The molecule has 76 valence electrons. The highest BCUT2D eigenvalue weighted by Gasteiger charge is 2.00. The normalized spacial score (nSPS) is 14.2. The molecule has 0 bridgehead atoms. The molecule has 0 saturated heterocycles. The summed E-state index contributed by atoms with van der Waals surface area (Å²) in [5, 5.41) is 9.46. The van der Waals surface area contributed by atoms with E-state index in [0.29, 0.717) is 12.0 Å². The minimum absolute atomic E-state index is 0.276. The maximum atomic E-state index is 10.2. The Balaban J connectivity index is 3.50. The summed E-state index contributed by atoms with van der Waals surface area (Å²) in [6, 6.07) is 0. The van der Waals surface area contributed by atoms with Crippen LogP contribution >= 0.6 is 0 Å². The van der Waals surface area contributed by atoms with E-state index < -0.39 is 0 Å². The number of aldehydes is 1. The number of allylic oxidation sites excluding steroid dienone is 1. The summed E-state index contributed by atoms with van der Waals surface area (Å²) >= 11 is 0. The van der Waals surface area contributed by atoms with Gasteiger partial charge in [-0.3, -0.25) is 4.79 Å². The first-order chi connectivity index (χ1) is 6.20. The average molecular weight is 184 g/mol. The summed E-state index contributed by atoms with van der Waals surface area (Å²) in [7, 11) is 0. The molecule has 0 aliphatic rings. The number of unbranched alkanes of at least 4 members (excludes halogenated alkanes) is 2. The van der Waals surface area contributed by atoms with Crippen molar-refractivity contribution in [1.82, 2.24) is 0 Å². The molecule has 1 atom stereocenters. The van der Waals surface area contributed by atoms with E-state index in [1.54, 1.807) is 13.0 Å². The molecule has 0 fully saturated rings. The fourth-order valence-electron chi connectivity index (χ4n) is 1.12. The Hall–Kier alpha value is -0.630. The van der Waals surface area contributed by atoms with E-state index in [2.05, 4.69) is 6.92 Å². The summed E-state index contributed by atoms with van der Waals surface area (Å²) in [5.41, 5.74) is 0.703. The van der Waals surface area contributed by atoms with E-state index in [1.807, 2.05) is 0 Å². The summed E-state index contributed by atoms with van der Waals surface area (Å²) in [6.45, 7) is 3.90. The average Bonchev–Trinajstić information content (AvgIpc) is 2.14. The van der Waals surface area contributed by atoms with Gasteiger partial charge in [0.15, 0.2) is 0 Å². The van der Waals surface area contributed by atoms with Gasteiger partial charge >= 0.3 is 0 Å². The van der Waals surface area contributed by atoms with Gasteiger partial charge in [0.25, 0.3) is 0 Å². The van der Waals surface area contributed by atoms with Crippen LogP contribution in [0.2, 0.25) is 0 Å². The van der Waals surface area contributed by atoms with E-state index in [9.17, 15) is 9.90 Å². The first-order valence-electron chi connectivity index (χ1n) is 5.00. The lowest BCUT2D eigenvalue weighted by molar-refractivity contribution is -0.104. The van der Waals surface area contributed by atoms with E-state index in [-0.39, 0.29) is 6.10 Å². The molecule has 0 aromatic carbocycles. The van der Waals surface area contributed by atoms with Crippen LogP contribution in [0.25, 0.3) is 0 Å². The SMILES string of the molecule is CCCCCC(O)C/C=C(\C)C=O. The smallest absolute Gasteiger partial charge is 0.145 e. The van der Waals surface area contributed by atoms with Crippen molar-refractivity contribution in [3.05, 3.63) is 11.6 Å². The summed E-state index contributed by atoms with van der Waals surface area (Å²) in [5.74, 6) is 0. The summed E-state index contributed by atoms with van der Waals surface area (Å²) in [6.07, 6.45) is 7.21. The number of aliphatic hydroxyl groups is 1. The third-order valence-electron chi connectivity index (χ3n) is 2.04. The molecule has 0 aromatic heterocycles. The number of aliphatic hydroxyl groups excluding tert-OH is 1. The number of carbonyl (C=O) groups is 1. The summed E-state index contributed by atoms with van der Waals surface area (Å²) in [4.78, 5) is 10.2. The van der Waals surface area contributed by atoms with Gasteiger partial charge in [0, 0.05) is 0 Å². The Bertz CT molecular complexity index is 161. The van der Waals surface area contributed by atoms with Crippen LogP contribution in [-0.2, 0) is 4.79 Å². The minimum atomic E-state index is -0.276. The molecule has 0 heterocycles. The van der Waals surface area contributed by atoms with Crippen LogP contribution in [-0.4, -0.2) is 17.5 Å². The number of rotatable bonds is 7. The van der Waals surface area contributed by atoms with Crippen molar-refractivity contribution < 1.29 is 9.90 Å². The lowest BCUT2D eigenvalue weighted by Crippen LogP contribution is -2.04. The maximum Gasteiger partial charge on any atom is 0.145 e. The fourth-order valence-corrected chi connectivity index (χ4v) is 1.12. The van der Waals surface area contributed by atoms with Gasteiger partial charge in [-0.15, -0.1) is 0 Å². The quantitative estimate of drug-likeness (QED) is 0.375. The van der Waals surface area contributed by atoms with Crippen molar-refractivity contribution in [2.24, 2.45) is 0 Å². The zero-order valence-electron chi connectivity index (χ0n) is 8.62. The minimum Gasteiger partial charge on any atom is -0.393 e. The standard InChI is InChI=1S/C11H20O2/c1-3-4-5-6-11(13)8-7-10(2)9-12/h7,9,11,13H,3-6,8H2,1-2H3/b10-7+. The Morgan fingerprint density at radius 3 is 2.69 bits per heavy atom. The fraction of sp³-hybridized carbons (Fsp3) is 0.727. The van der Waals surface area contributed by atoms with Crippen molar-refractivity contribution in [3.8, 4) is 0 Å². The molecule has 0 rings (SSSR count). The number of carbonyl (C=O) groups excluding carboxylic acids is 1. The molecule has 1 unspecified atom stereocenters. The third-order valence-corrected chi connectivity index (χ3v) is 2.04. The molecule has 13 heavy (non-hydrogen) atoms. The highest BCUT2D eigenvalue weighted by molar-refractivity contribution is 5.71. The van der Waals surface area contributed by atoms with Gasteiger partial charge in [0.1, 0.15) is 6.29 Å². The highest BCUT2D eigenvalue weighted by Crippen LogP contribution is 2.07. The molecule has 0 aliphatic heterocycles. The molecule has 0 saturated carbocycles. The zero-order valence-corrected chi connectivity index (χ0v) is 8.62. The molecular weight excluding hydrogens is 164 g/mol. The van der Waals surface area contributed by atoms with E-state index in [0.717, 1.165) is 19.1 Å². The Labute approximate surface area is 80.7 Å². The number of hydrogen-bond acceptors (Lipinski definition) is 2. The number of hydrogen-bond donors (Lipinski definition) is 1. The first kappa shape index (κ1) is 12.4. The highest BCUT2D eigenvalue weighted by atomic mass is 16.3. The molecule has 0 amide bonds. The molecular formula is C11H20O2. The molecule has 2 nitrogen and oxygen atoms in total. The Morgan fingerprint density at radius 1 is 1.46 bits per heavy atom. The molecule has 0 aromatic rings. The molecule has 0 aliphatic carbocycles. The first-order valence-corrected chi connectivity index (χ1v) is 5.00. The molecule has 0 spiro atoms. The third kappa shape index (κ3) is 7.72. The zero-order chi connectivity index (χ0) is 10.1. The van der Waals surface area contributed by atoms with Gasteiger partial charge in [-0.1, -0.05) is 32.3 Å². The van der Waals surface area contributed by atoms with Crippen molar-refractivity contribution in [2.75, 3.05) is 0 Å². The van der Waals surface area contributed by atoms with Crippen LogP contribution in [0, 0.1) is 0 Å². The lowest BCUT2D eigenvalue weighted by atomic mass is 10.1. The van der Waals surface area contributed by atoms with Gasteiger partial charge in [-0.25, -0.2) is 0 Å². The predicted octanol–water partition coefficient (Wildman–Crippen LogP) is 2.46. The van der Waals surface area contributed by atoms with E-state index in [1.165, 1.54) is 12.8 Å². The topological polar surface area (TPSA) is 37.3 Å². The van der Waals surface area contributed by atoms with Crippen LogP contribution in [0.3, 0.4) is 0 Å². The van der Waals surface area contributed by atoms with Gasteiger partial charge < -0.3 is 5.11 Å². The maximum absolute atomic E-state index is 10.2. The lowest BCUT2D eigenvalue weighted by Gasteiger charge is -2.06. The molecule has 2 heteroatoms. The largest absolute Gasteiger partial charge is 0.393 e. The second kappa shape index (κ2) is 7.99. The Morgan fingerprint density at radius 2 is 2.15 bits per heavy atom. The van der Waals surface area contributed by atoms with Crippen molar-refractivity contribution >= 4 is 6.29 Å². The van der Waals surface area contributed by atoms with Crippen LogP contribution in [0.5, 0.6) is 0 Å². The van der Waals surface area contributed by atoms with E-state index >= 15 is 0 Å². The van der Waals surface area contributed by atoms with Gasteiger partial charge in [-0.05, 0) is 25.3 Å². The van der Waals surface area contributed by atoms with Gasteiger partial charge in [0.05, 0.1) is 6.10 Å². The van der Waals surface area contributed by atoms with Gasteiger partial charge in [0.2, 0.25) is 0 Å². The predicted molar refractivity (Wildman–Crippen MR) is 54.6 cm³/mol. The van der Waals surface area contributed by atoms with Crippen LogP contribution in [0.15, 0.2) is 11.6 Å². The molecule has 0 radical (unpaired) electrons. The molecule has 1 N–H and O–H groups in total. The monoisotopic (exact) mass is 184 g/mol. The van der Waals surface area contributed by atoms with Crippen LogP contribution in [0.4, 0.5) is 0 Å². The van der Waals surface area contributed by atoms with Crippen LogP contribution < -0.4 is 0 Å². The van der Waals surface area contributed by atoms with Gasteiger partial charge in [-0.2, -0.15) is 0 Å². The second-order valence-electron chi connectivity index (χ2n) is 3.45. The van der Waals surface area contributed by atoms with Crippen molar-refractivity contribution in [1.29, 1.82) is 0 Å². The van der Waals surface area contributed by atoms with Crippen LogP contribution in [0.1, 0.15) is 46.0 Å². The van der Waals surface area contributed by atoms with E-state index in [4.69, 9.17) is 0 Å². The van der Waals surface area contributed by atoms with Crippen molar-refractivity contribution in [2.45, 2.75) is 52.1 Å². The Kier molecular flexibility index (Phi) is 7.60.